The molecule has 1 fully saturated rings. The van der Waals surface area contributed by atoms with Gasteiger partial charge in [-0.25, -0.2) is 0 Å². The van der Waals surface area contributed by atoms with Gasteiger partial charge in [-0.2, -0.15) is 18.3 Å². The van der Waals surface area contributed by atoms with E-state index in [0.717, 1.165) is 4.90 Å². The Hall–Kier alpha value is -1.73. The van der Waals surface area contributed by atoms with Crippen LogP contribution in [0.15, 0.2) is 12.4 Å². The molecule has 1 aromatic rings. The maximum atomic E-state index is 12.5. The van der Waals surface area contributed by atoms with Gasteiger partial charge in [-0.1, -0.05) is 0 Å². The number of carbonyl (C=O) groups excluding carboxylic acids is 1. The zero-order chi connectivity index (χ0) is 16.5. The molecule has 1 saturated heterocycles. The first-order chi connectivity index (χ1) is 10.1. The number of likely N-dealkylation sites (tertiary alicyclic amines) is 1. The highest BCUT2D eigenvalue weighted by atomic mass is 19.4. The smallest absolute Gasteiger partial charge is 0.371 e. The highest BCUT2D eigenvalue weighted by molar-refractivity contribution is 5.85. The van der Waals surface area contributed by atoms with Crippen LogP contribution in [-0.2, 0) is 10.3 Å². The lowest BCUT2D eigenvalue weighted by atomic mass is 10.0. The van der Waals surface area contributed by atoms with E-state index in [1.807, 2.05) is 20.8 Å². The molecule has 0 spiro atoms. The number of hydrogen-bond acceptors (Lipinski definition) is 3. The summed E-state index contributed by atoms with van der Waals surface area (Å²) in [4.78, 5) is 13.0. The van der Waals surface area contributed by atoms with Gasteiger partial charge in [-0.15, -0.1) is 0 Å². The van der Waals surface area contributed by atoms with E-state index in [1.165, 1.54) is 0 Å². The Morgan fingerprint density at radius 1 is 1.36 bits per heavy atom. The van der Waals surface area contributed by atoms with Crippen LogP contribution in [0, 0.1) is 0 Å². The molecule has 1 atom stereocenters. The molecule has 8 heteroatoms. The largest absolute Gasteiger partial charge is 0.406 e. The monoisotopic (exact) mass is 318 g/mol. The Labute approximate surface area is 127 Å². The van der Waals surface area contributed by atoms with Gasteiger partial charge in [0.15, 0.2) is 0 Å². The molecule has 1 aliphatic heterocycles. The fourth-order valence-corrected chi connectivity index (χ4v) is 2.41. The number of amides is 1. The molecule has 5 nitrogen and oxygen atoms in total. The number of nitrogens with one attached hydrogen (secondary N) is 1. The van der Waals surface area contributed by atoms with E-state index in [1.54, 1.807) is 17.1 Å². The molecule has 0 aliphatic carbocycles. The lowest BCUT2D eigenvalue weighted by molar-refractivity contribution is -0.163. The van der Waals surface area contributed by atoms with Crippen molar-refractivity contribution in [3.05, 3.63) is 12.4 Å². The number of alkyl halides is 3. The second-order valence-electron chi connectivity index (χ2n) is 6.56. The van der Waals surface area contributed by atoms with Crippen molar-refractivity contribution in [2.24, 2.45) is 0 Å². The van der Waals surface area contributed by atoms with E-state index in [0.29, 0.717) is 18.5 Å². The van der Waals surface area contributed by atoms with E-state index in [2.05, 4.69) is 10.4 Å². The van der Waals surface area contributed by atoms with Crippen molar-refractivity contribution >= 4 is 11.6 Å². The molecule has 1 N–H and O–H groups in total. The van der Waals surface area contributed by atoms with Crippen molar-refractivity contribution in [3.63, 3.8) is 0 Å². The Morgan fingerprint density at radius 3 is 2.59 bits per heavy atom. The number of carbonyl (C=O) groups is 1. The van der Waals surface area contributed by atoms with Crippen molar-refractivity contribution in [3.8, 4) is 0 Å². The summed E-state index contributed by atoms with van der Waals surface area (Å²) in [7, 11) is 0. The van der Waals surface area contributed by atoms with Crippen LogP contribution in [0.25, 0.3) is 0 Å². The highest BCUT2D eigenvalue weighted by Gasteiger charge is 2.37. The maximum Gasteiger partial charge on any atom is 0.406 e. The van der Waals surface area contributed by atoms with Gasteiger partial charge in [0.05, 0.1) is 17.4 Å². The molecular formula is C14H21F3N4O. The van der Waals surface area contributed by atoms with Gasteiger partial charge < -0.3 is 10.2 Å². The summed E-state index contributed by atoms with van der Waals surface area (Å²) in [6.45, 7) is 4.92. The molecule has 0 bridgehead atoms. The third kappa shape index (κ3) is 4.14. The Balaban J connectivity index is 2.03. The van der Waals surface area contributed by atoms with Crippen molar-refractivity contribution in [2.45, 2.75) is 51.4 Å². The van der Waals surface area contributed by atoms with Crippen LogP contribution in [-0.4, -0.2) is 45.9 Å². The van der Waals surface area contributed by atoms with Crippen molar-refractivity contribution in [2.75, 3.05) is 18.4 Å². The molecule has 1 aromatic heterocycles. The van der Waals surface area contributed by atoms with Gasteiger partial charge in [0, 0.05) is 12.7 Å². The lowest BCUT2D eigenvalue weighted by Crippen LogP contribution is -2.50. The van der Waals surface area contributed by atoms with Crippen LogP contribution in [0.1, 0.15) is 33.6 Å². The van der Waals surface area contributed by atoms with Crippen molar-refractivity contribution in [1.82, 2.24) is 14.7 Å². The summed E-state index contributed by atoms with van der Waals surface area (Å²) >= 11 is 0. The molecule has 0 radical (unpaired) electrons. The zero-order valence-corrected chi connectivity index (χ0v) is 12.9. The Kier molecular flexibility index (Phi) is 4.39. The van der Waals surface area contributed by atoms with Crippen LogP contribution in [0.3, 0.4) is 0 Å². The molecule has 1 unspecified atom stereocenters. The Bertz CT molecular complexity index is 533. The number of rotatable bonds is 3. The van der Waals surface area contributed by atoms with Crippen LogP contribution in [0.2, 0.25) is 0 Å². The predicted molar refractivity (Wildman–Crippen MR) is 76.5 cm³/mol. The summed E-state index contributed by atoms with van der Waals surface area (Å²) in [5, 5.41) is 7.20. The number of hydrogen-bond donors (Lipinski definition) is 1. The van der Waals surface area contributed by atoms with E-state index >= 15 is 0 Å². The summed E-state index contributed by atoms with van der Waals surface area (Å²) < 4.78 is 39.2. The fraction of sp³-hybridized carbons (Fsp3) is 0.714. The molecule has 0 saturated carbocycles. The van der Waals surface area contributed by atoms with Crippen LogP contribution in [0.4, 0.5) is 18.9 Å². The minimum atomic E-state index is -4.37. The molecule has 0 aromatic carbocycles. The topological polar surface area (TPSA) is 50.2 Å². The summed E-state index contributed by atoms with van der Waals surface area (Å²) in [5.74, 6) is -0.507. The Morgan fingerprint density at radius 2 is 2.05 bits per heavy atom. The van der Waals surface area contributed by atoms with Gasteiger partial charge in [0.25, 0.3) is 0 Å². The molecule has 22 heavy (non-hydrogen) atoms. The number of piperidine rings is 1. The van der Waals surface area contributed by atoms with Crippen molar-refractivity contribution in [1.29, 1.82) is 0 Å². The van der Waals surface area contributed by atoms with Crippen LogP contribution >= 0.6 is 0 Å². The SMILES string of the molecule is CC(C)(C)n1cc(NC2CCCN(CC(F)(F)F)C2=O)cn1. The molecule has 2 heterocycles. The first-order valence-electron chi connectivity index (χ1n) is 7.23. The summed E-state index contributed by atoms with van der Waals surface area (Å²) in [6, 6.07) is -0.631. The number of anilines is 1. The summed E-state index contributed by atoms with van der Waals surface area (Å²) in [5.41, 5.74) is 0.445. The van der Waals surface area contributed by atoms with Crippen LogP contribution < -0.4 is 5.32 Å². The van der Waals surface area contributed by atoms with E-state index in [4.69, 9.17) is 0 Å². The second-order valence-corrected chi connectivity index (χ2v) is 6.56. The maximum absolute atomic E-state index is 12.5. The minimum absolute atomic E-state index is 0.151. The third-order valence-corrected chi connectivity index (χ3v) is 3.51. The fourth-order valence-electron chi connectivity index (χ4n) is 2.41. The summed E-state index contributed by atoms with van der Waals surface area (Å²) in [6.07, 6.45) is 0.0483. The van der Waals surface area contributed by atoms with Gasteiger partial charge in [-0.3, -0.25) is 9.48 Å². The zero-order valence-electron chi connectivity index (χ0n) is 12.9. The van der Waals surface area contributed by atoms with Crippen LogP contribution in [0.5, 0.6) is 0 Å². The quantitative estimate of drug-likeness (QED) is 0.932. The average Bonchev–Trinajstić information content (AvgIpc) is 2.81. The predicted octanol–water partition coefficient (Wildman–Crippen LogP) is 2.60. The van der Waals surface area contributed by atoms with Gasteiger partial charge in [0.2, 0.25) is 5.91 Å². The molecule has 124 valence electrons. The molecule has 2 rings (SSSR count). The molecular weight excluding hydrogens is 297 g/mol. The van der Waals surface area contributed by atoms with Gasteiger partial charge in [0.1, 0.15) is 12.6 Å². The van der Waals surface area contributed by atoms with E-state index < -0.39 is 24.7 Å². The van der Waals surface area contributed by atoms with E-state index in [-0.39, 0.29) is 12.1 Å². The van der Waals surface area contributed by atoms with Gasteiger partial charge in [-0.05, 0) is 33.6 Å². The van der Waals surface area contributed by atoms with E-state index in [9.17, 15) is 18.0 Å². The number of halogens is 3. The molecule has 1 amide bonds. The molecule has 1 aliphatic rings. The minimum Gasteiger partial charge on any atom is -0.371 e. The van der Waals surface area contributed by atoms with Gasteiger partial charge >= 0.3 is 6.18 Å². The highest BCUT2D eigenvalue weighted by Crippen LogP contribution is 2.23. The average molecular weight is 318 g/mol. The normalized spacial score (nSPS) is 20.4. The first kappa shape index (κ1) is 16.6. The number of nitrogens with zero attached hydrogens (tertiary/aromatic N) is 3. The standard InChI is InChI=1S/C14H21F3N4O/c1-13(2,3)21-8-10(7-18-21)19-11-5-4-6-20(12(11)22)9-14(15,16)17/h7-8,11,19H,4-6,9H2,1-3H3. The second kappa shape index (κ2) is 5.81. The first-order valence-corrected chi connectivity index (χ1v) is 7.23. The van der Waals surface area contributed by atoms with Crippen molar-refractivity contribution < 1.29 is 18.0 Å². The third-order valence-electron chi connectivity index (χ3n) is 3.51. The lowest BCUT2D eigenvalue weighted by Gasteiger charge is -2.33. The number of aromatic nitrogens is 2.